The van der Waals surface area contributed by atoms with Gasteiger partial charge < -0.3 is 0 Å². The van der Waals surface area contributed by atoms with Gasteiger partial charge in [0, 0.05) is 0 Å². The Morgan fingerprint density at radius 1 is 0.810 bits per heavy atom. The summed E-state index contributed by atoms with van der Waals surface area (Å²) in [6.07, 6.45) is 14.9. The van der Waals surface area contributed by atoms with E-state index in [1.54, 1.807) is 0 Å². The minimum atomic E-state index is -4.67. The van der Waals surface area contributed by atoms with Crippen LogP contribution in [0.4, 0.5) is 0 Å². The Hall–Kier alpha value is -0.210. The quantitative estimate of drug-likeness (QED) is 0.517. The number of hydrogen-bond acceptors (Lipinski definition) is 4. The van der Waals surface area contributed by atoms with E-state index in [4.69, 9.17) is 27.3 Å². The van der Waals surface area contributed by atoms with Crippen molar-refractivity contribution < 1.29 is 27.3 Å². The van der Waals surface area contributed by atoms with Gasteiger partial charge in [0.25, 0.3) is 0 Å². The van der Waals surface area contributed by atoms with Crippen molar-refractivity contribution in [3.63, 3.8) is 0 Å². The van der Waals surface area contributed by atoms with Crippen molar-refractivity contribution in [2.45, 2.75) is 83.7 Å². The van der Waals surface area contributed by atoms with Gasteiger partial charge in [-0.3, -0.25) is 9.11 Å². The lowest BCUT2D eigenvalue weighted by atomic mass is 10.1. The molecule has 1 heterocycles. The molecule has 0 aliphatic carbocycles. The smallest absolute Gasteiger partial charge is 0.264 e. The number of rotatable bonds is 0. The fourth-order valence-corrected chi connectivity index (χ4v) is 2.22. The van der Waals surface area contributed by atoms with Gasteiger partial charge in [-0.25, -0.2) is 9.78 Å². The largest absolute Gasteiger partial charge is 0.394 e. The van der Waals surface area contributed by atoms with Gasteiger partial charge in [-0.05, 0) is 19.8 Å². The van der Waals surface area contributed by atoms with Gasteiger partial charge in [-0.2, -0.15) is 8.42 Å². The zero-order chi connectivity index (χ0) is 16.0. The van der Waals surface area contributed by atoms with E-state index in [1.165, 1.54) is 57.8 Å². The molecule has 0 aromatic carbocycles. The van der Waals surface area contributed by atoms with E-state index in [-0.39, 0.29) is 6.10 Å². The average molecular weight is 326 g/mol. The van der Waals surface area contributed by atoms with Gasteiger partial charge in [0.15, 0.2) is 0 Å². The van der Waals surface area contributed by atoms with E-state index in [9.17, 15) is 0 Å². The first-order chi connectivity index (χ1) is 9.89. The Balaban J connectivity index is 0.000000690. The zero-order valence-electron chi connectivity index (χ0n) is 13.0. The first kappa shape index (κ1) is 20.8. The van der Waals surface area contributed by atoms with Crippen molar-refractivity contribution >= 4 is 10.4 Å². The molecule has 2 N–H and O–H groups in total. The van der Waals surface area contributed by atoms with Gasteiger partial charge in [-0.1, -0.05) is 57.8 Å². The van der Waals surface area contributed by atoms with Crippen LogP contribution in [0.5, 0.6) is 0 Å². The first-order valence-corrected chi connectivity index (χ1v) is 9.27. The predicted octanol–water partition coefficient (Wildman–Crippen LogP) is 3.98. The molecular weight excluding hydrogens is 296 g/mol. The summed E-state index contributed by atoms with van der Waals surface area (Å²) in [5, 5.41) is 0. The highest BCUT2D eigenvalue weighted by atomic mass is 32.3. The molecule has 0 saturated carbocycles. The normalized spacial score (nSPS) is 24.0. The molecule has 1 unspecified atom stereocenters. The van der Waals surface area contributed by atoms with Crippen LogP contribution in [0.25, 0.3) is 0 Å². The van der Waals surface area contributed by atoms with Gasteiger partial charge in [0.1, 0.15) is 0 Å². The van der Waals surface area contributed by atoms with Crippen molar-refractivity contribution in [3.05, 3.63) is 0 Å². The molecule has 0 spiro atoms. The highest BCUT2D eigenvalue weighted by Crippen LogP contribution is 2.13. The first-order valence-electron chi connectivity index (χ1n) is 7.88. The van der Waals surface area contributed by atoms with Gasteiger partial charge in [0.2, 0.25) is 0 Å². The molecule has 0 aromatic heterocycles. The van der Waals surface area contributed by atoms with Crippen LogP contribution in [0.2, 0.25) is 0 Å². The van der Waals surface area contributed by atoms with Crippen molar-refractivity contribution in [2.75, 3.05) is 6.61 Å². The summed E-state index contributed by atoms with van der Waals surface area (Å²) in [7, 11) is -4.67. The van der Waals surface area contributed by atoms with E-state index in [2.05, 4.69) is 6.92 Å². The fourth-order valence-electron chi connectivity index (χ4n) is 2.22. The molecule has 1 aliphatic heterocycles. The summed E-state index contributed by atoms with van der Waals surface area (Å²) in [6.45, 7) is 2.88. The van der Waals surface area contributed by atoms with Crippen molar-refractivity contribution in [1.29, 1.82) is 0 Å². The van der Waals surface area contributed by atoms with Gasteiger partial charge in [-0.15, -0.1) is 0 Å². The topological polar surface area (TPSA) is 93.1 Å². The summed E-state index contributed by atoms with van der Waals surface area (Å²) in [6, 6.07) is 0. The van der Waals surface area contributed by atoms with E-state index >= 15 is 0 Å². The second-order valence-corrected chi connectivity index (χ2v) is 6.40. The van der Waals surface area contributed by atoms with Crippen LogP contribution in [0.3, 0.4) is 0 Å². The standard InChI is InChI=1S/C14H28O2.H2O4S/c1-14-12-10-8-6-4-2-3-5-7-9-11-13-15-16-14;1-5(2,3)4/h14H,2-13H2,1H3;(H2,1,2,3,4). The third-order valence-electron chi connectivity index (χ3n) is 3.32. The summed E-state index contributed by atoms with van der Waals surface area (Å²) < 4.78 is 31.6. The molecule has 128 valence electrons. The summed E-state index contributed by atoms with van der Waals surface area (Å²) in [5.74, 6) is 0. The van der Waals surface area contributed by atoms with Crippen LogP contribution < -0.4 is 0 Å². The molecule has 7 heteroatoms. The molecule has 0 amide bonds. The van der Waals surface area contributed by atoms with E-state index in [0.717, 1.165) is 19.4 Å². The molecule has 1 fully saturated rings. The highest BCUT2D eigenvalue weighted by molar-refractivity contribution is 7.79. The van der Waals surface area contributed by atoms with Crippen LogP contribution >= 0.6 is 0 Å². The van der Waals surface area contributed by atoms with Crippen molar-refractivity contribution in [2.24, 2.45) is 0 Å². The molecular formula is C14H30O6S. The molecule has 0 bridgehead atoms. The Labute approximate surface area is 128 Å². The van der Waals surface area contributed by atoms with E-state index in [1.807, 2.05) is 0 Å². The van der Waals surface area contributed by atoms with Crippen molar-refractivity contribution in [3.8, 4) is 0 Å². The number of hydrogen-bond donors (Lipinski definition) is 2. The third-order valence-corrected chi connectivity index (χ3v) is 3.32. The Bertz CT molecular complexity index is 293. The van der Waals surface area contributed by atoms with E-state index < -0.39 is 10.4 Å². The van der Waals surface area contributed by atoms with E-state index in [0.29, 0.717) is 0 Å². The van der Waals surface area contributed by atoms with Crippen LogP contribution in [0, 0.1) is 0 Å². The highest BCUT2D eigenvalue weighted by Gasteiger charge is 2.03. The fraction of sp³-hybridized carbons (Fsp3) is 1.00. The SMILES string of the molecule is CC1CCCCCCCCCCCCOO1.O=S(=O)(O)O. The van der Waals surface area contributed by atoms with Gasteiger partial charge >= 0.3 is 10.4 Å². The van der Waals surface area contributed by atoms with Crippen LogP contribution in [-0.2, 0) is 20.2 Å². The Morgan fingerprint density at radius 3 is 1.67 bits per heavy atom. The molecule has 21 heavy (non-hydrogen) atoms. The van der Waals surface area contributed by atoms with Crippen molar-refractivity contribution in [1.82, 2.24) is 0 Å². The average Bonchev–Trinajstić information content (AvgIpc) is 2.37. The minimum Gasteiger partial charge on any atom is -0.264 e. The molecule has 0 aromatic rings. The maximum Gasteiger partial charge on any atom is 0.394 e. The van der Waals surface area contributed by atoms with Crippen LogP contribution in [0.15, 0.2) is 0 Å². The summed E-state index contributed by atoms with van der Waals surface area (Å²) >= 11 is 0. The predicted molar refractivity (Wildman–Crippen MR) is 81.5 cm³/mol. The maximum atomic E-state index is 8.74. The molecule has 1 aliphatic rings. The second-order valence-electron chi connectivity index (χ2n) is 5.50. The van der Waals surface area contributed by atoms with Crippen LogP contribution in [0.1, 0.15) is 77.6 Å². The van der Waals surface area contributed by atoms with Crippen LogP contribution in [-0.4, -0.2) is 30.2 Å². The lowest BCUT2D eigenvalue weighted by molar-refractivity contribution is -0.322. The lowest BCUT2D eigenvalue weighted by Gasteiger charge is -2.11. The third kappa shape index (κ3) is 22.2. The molecule has 0 radical (unpaired) electrons. The Kier molecular flexibility index (Phi) is 13.3. The minimum absolute atomic E-state index is 0.269. The summed E-state index contributed by atoms with van der Waals surface area (Å²) in [5.41, 5.74) is 0. The molecule has 1 rings (SSSR count). The lowest BCUT2D eigenvalue weighted by Crippen LogP contribution is -2.09. The second kappa shape index (κ2) is 13.5. The van der Waals surface area contributed by atoms with Gasteiger partial charge in [0.05, 0.1) is 12.7 Å². The zero-order valence-corrected chi connectivity index (χ0v) is 13.8. The molecule has 1 saturated heterocycles. The molecule has 6 nitrogen and oxygen atoms in total. The maximum absolute atomic E-state index is 8.74. The monoisotopic (exact) mass is 326 g/mol. The Morgan fingerprint density at radius 2 is 1.19 bits per heavy atom. The molecule has 1 atom stereocenters. The summed E-state index contributed by atoms with van der Waals surface area (Å²) in [4.78, 5) is 10.5.